The second-order valence-electron chi connectivity index (χ2n) is 7.99. The van der Waals surface area contributed by atoms with Crippen molar-refractivity contribution in [2.75, 3.05) is 0 Å². The molecule has 0 spiro atoms. The van der Waals surface area contributed by atoms with Gasteiger partial charge in [0.1, 0.15) is 0 Å². The highest BCUT2D eigenvalue weighted by molar-refractivity contribution is 5.95. The smallest absolute Gasteiger partial charge is 0.181 e. The van der Waals surface area contributed by atoms with Crippen LogP contribution in [0.1, 0.15) is 24.5 Å². The first kappa shape index (κ1) is 20.6. The number of hydrogen-bond acceptors (Lipinski definition) is 3. The third kappa shape index (κ3) is 4.26. The minimum atomic E-state index is 0.693. The summed E-state index contributed by atoms with van der Waals surface area (Å²) < 4.78 is 0. The van der Waals surface area contributed by atoms with Crippen LogP contribution in [0.5, 0.6) is 0 Å². The number of rotatable bonds is 7. The van der Waals surface area contributed by atoms with Gasteiger partial charge in [-0.25, -0.2) is 4.98 Å². The molecule has 0 radical (unpaired) electrons. The molecule has 0 bridgehead atoms. The predicted molar refractivity (Wildman–Crippen MR) is 136 cm³/mol. The lowest BCUT2D eigenvalue weighted by Gasteiger charge is -2.07. The van der Waals surface area contributed by atoms with Gasteiger partial charge in [-0.05, 0) is 54.7 Å². The van der Waals surface area contributed by atoms with Crippen molar-refractivity contribution in [1.82, 2.24) is 25.1 Å². The largest absolute Gasteiger partial charge is 0.352 e. The van der Waals surface area contributed by atoms with Gasteiger partial charge in [-0.1, -0.05) is 55.1 Å². The van der Waals surface area contributed by atoms with Gasteiger partial charge in [0.2, 0.25) is 0 Å². The Bertz CT molecular complexity index is 1450. The molecule has 2 N–H and O–H groups in total. The van der Waals surface area contributed by atoms with E-state index < -0.39 is 0 Å². The van der Waals surface area contributed by atoms with Gasteiger partial charge in [-0.15, -0.1) is 0 Å². The molecule has 5 aromatic rings. The number of pyridine rings is 2. The summed E-state index contributed by atoms with van der Waals surface area (Å²) in [5, 5.41) is 9.64. The van der Waals surface area contributed by atoms with Crippen LogP contribution in [0.2, 0.25) is 0 Å². The molecule has 0 aliphatic carbocycles. The van der Waals surface area contributed by atoms with Gasteiger partial charge in [0.25, 0.3) is 0 Å². The van der Waals surface area contributed by atoms with Gasteiger partial charge in [0, 0.05) is 28.7 Å². The Kier molecular flexibility index (Phi) is 5.68. The molecule has 162 valence electrons. The van der Waals surface area contributed by atoms with Crippen LogP contribution in [0.3, 0.4) is 0 Å². The van der Waals surface area contributed by atoms with E-state index in [0.717, 1.165) is 51.7 Å². The van der Waals surface area contributed by atoms with Crippen LogP contribution in [0.25, 0.3) is 38.9 Å². The highest BCUT2D eigenvalue weighted by atomic mass is 15.2. The van der Waals surface area contributed by atoms with E-state index in [1.54, 1.807) is 6.20 Å². The first-order valence-electron chi connectivity index (χ1n) is 11.1. The molecule has 1 aromatic carbocycles. The van der Waals surface area contributed by atoms with Crippen LogP contribution in [0, 0.1) is 0 Å². The average molecular weight is 432 g/mol. The van der Waals surface area contributed by atoms with Crippen LogP contribution >= 0.6 is 0 Å². The molecule has 0 saturated heterocycles. The summed E-state index contributed by atoms with van der Waals surface area (Å²) in [5.74, 6) is 0. The minimum Gasteiger partial charge on any atom is -0.352 e. The number of benzene rings is 1. The van der Waals surface area contributed by atoms with Gasteiger partial charge >= 0.3 is 0 Å². The Morgan fingerprint density at radius 2 is 1.97 bits per heavy atom. The summed E-state index contributed by atoms with van der Waals surface area (Å²) in [6.07, 6.45) is 13.7. The Hall–Kier alpha value is -4.25. The van der Waals surface area contributed by atoms with Gasteiger partial charge in [-0.2, -0.15) is 5.10 Å². The highest BCUT2D eigenvalue weighted by Gasteiger charge is 2.13. The summed E-state index contributed by atoms with van der Waals surface area (Å²) in [6, 6.07) is 16.8. The summed E-state index contributed by atoms with van der Waals surface area (Å²) in [7, 11) is 0. The Morgan fingerprint density at radius 1 is 1.09 bits per heavy atom. The number of H-pyrrole nitrogens is 2. The van der Waals surface area contributed by atoms with E-state index in [1.807, 2.05) is 30.6 Å². The molecule has 4 aromatic heterocycles. The first-order chi connectivity index (χ1) is 16.2. The quantitative estimate of drug-likeness (QED) is 0.283. The summed E-state index contributed by atoms with van der Waals surface area (Å²) in [5.41, 5.74) is 8.25. The van der Waals surface area contributed by atoms with E-state index in [2.05, 4.69) is 87.2 Å². The van der Waals surface area contributed by atoms with Crippen LogP contribution < -0.4 is 0 Å². The fourth-order valence-corrected chi connectivity index (χ4v) is 4.07. The van der Waals surface area contributed by atoms with Crippen LogP contribution in [-0.2, 0) is 6.42 Å². The number of hydrogen-bond donors (Lipinski definition) is 2. The average Bonchev–Trinajstić information content (AvgIpc) is 3.48. The van der Waals surface area contributed by atoms with Gasteiger partial charge in [0.15, 0.2) is 5.65 Å². The second kappa shape index (κ2) is 9.09. The van der Waals surface area contributed by atoms with Crippen LogP contribution in [0.15, 0.2) is 97.5 Å². The van der Waals surface area contributed by atoms with E-state index in [9.17, 15) is 0 Å². The number of nitrogens with one attached hydrogen (secondary N) is 2. The summed E-state index contributed by atoms with van der Waals surface area (Å²) in [6.45, 7) is 6.09. The molecule has 0 aliphatic heterocycles. The molecule has 5 nitrogen and oxygen atoms in total. The fraction of sp³-hybridized carbons (Fsp3) is 0.107. The number of aryl methyl sites for hydroxylation is 1. The third-order valence-corrected chi connectivity index (χ3v) is 5.90. The predicted octanol–water partition coefficient (Wildman–Crippen LogP) is 6.65. The van der Waals surface area contributed by atoms with Crippen molar-refractivity contribution in [2.45, 2.75) is 19.8 Å². The number of aromatic nitrogens is 5. The van der Waals surface area contributed by atoms with Crippen LogP contribution in [0.4, 0.5) is 0 Å². The van der Waals surface area contributed by atoms with E-state index in [4.69, 9.17) is 0 Å². The number of aromatic amines is 2. The maximum atomic E-state index is 4.61. The number of allylic oxidation sites excluding steroid dienone is 5. The monoisotopic (exact) mass is 431 g/mol. The number of fused-ring (bicyclic) bond motifs is 2. The van der Waals surface area contributed by atoms with Crippen molar-refractivity contribution in [3.8, 4) is 11.4 Å². The lowest BCUT2D eigenvalue weighted by molar-refractivity contribution is 0.966. The van der Waals surface area contributed by atoms with Crippen molar-refractivity contribution in [3.05, 3.63) is 109 Å². The molecule has 0 saturated carbocycles. The molecule has 0 fully saturated rings. The second-order valence-corrected chi connectivity index (χ2v) is 7.99. The molecule has 0 atom stereocenters. The zero-order valence-electron chi connectivity index (χ0n) is 18.5. The van der Waals surface area contributed by atoms with E-state index in [-0.39, 0.29) is 0 Å². The Morgan fingerprint density at radius 3 is 2.76 bits per heavy atom. The Labute approximate surface area is 192 Å². The number of nitrogens with zero attached hydrogens (tertiary/aromatic N) is 3. The third-order valence-electron chi connectivity index (χ3n) is 5.90. The van der Waals surface area contributed by atoms with Crippen molar-refractivity contribution >= 4 is 27.5 Å². The van der Waals surface area contributed by atoms with Crippen molar-refractivity contribution in [1.29, 1.82) is 0 Å². The highest BCUT2D eigenvalue weighted by Crippen LogP contribution is 2.30. The molecular formula is C28H25N5. The maximum Gasteiger partial charge on any atom is 0.181 e. The molecule has 0 amide bonds. The molecule has 0 unspecified atom stereocenters. The minimum absolute atomic E-state index is 0.693. The molecule has 33 heavy (non-hydrogen) atoms. The molecule has 4 heterocycles. The van der Waals surface area contributed by atoms with Crippen molar-refractivity contribution in [3.63, 3.8) is 0 Å². The lowest BCUT2D eigenvalue weighted by Crippen LogP contribution is -1.90. The topological polar surface area (TPSA) is 70.2 Å². The zero-order chi connectivity index (χ0) is 22.6. The van der Waals surface area contributed by atoms with Gasteiger partial charge in [0.05, 0.1) is 23.1 Å². The lowest BCUT2D eigenvalue weighted by atomic mass is 9.99. The van der Waals surface area contributed by atoms with Gasteiger partial charge in [-0.3, -0.25) is 10.1 Å². The maximum absolute atomic E-state index is 4.61. The zero-order valence-corrected chi connectivity index (χ0v) is 18.5. The Balaban J connectivity index is 1.47. The normalized spacial score (nSPS) is 12.5. The van der Waals surface area contributed by atoms with Gasteiger partial charge < -0.3 is 4.98 Å². The van der Waals surface area contributed by atoms with Crippen LogP contribution in [-0.4, -0.2) is 25.1 Å². The standard InChI is InChI=1S/C28H25N5/c1-3-19(10-11-20-8-6-5-7-9-20)14-21(4-2)23-15-24-27(32-33-28(24)30-17-23)25-16-22-12-13-29-18-26(22)31-25/h3-9,12-18,31H,1,10-11H2,2H3,(H,30,32,33)/b19-14+,21-4+. The van der Waals surface area contributed by atoms with E-state index in [1.165, 1.54) is 11.1 Å². The van der Waals surface area contributed by atoms with E-state index >= 15 is 0 Å². The molecular weight excluding hydrogens is 406 g/mol. The summed E-state index contributed by atoms with van der Waals surface area (Å²) in [4.78, 5) is 12.2. The summed E-state index contributed by atoms with van der Waals surface area (Å²) >= 11 is 0. The first-order valence-corrected chi connectivity index (χ1v) is 11.1. The molecule has 5 heteroatoms. The fourth-order valence-electron chi connectivity index (χ4n) is 4.07. The van der Waals surface area contributed by atoms with Crippen molar-refractivity contribution in [2.24, 2.45) is 0 Å². The van der Waals surface area contributed by atoms with E-state index in [0.29, 0.717) is 5.65 Å². The molecule has 0 aliphatic rings. The van der Waals surface area contributed by atoms with Crippen molar-refractivity contribution < 1.29 is 0 Å². The SMILES string of the molecule is C=C/C(=C\C(=C/C)c1cnc2n[nH]c(-c3cc4ccncc4[nH]3)c2c1)CCc1ccccc1. The molecule has 5 rings (SSSR count).